The molecule has 0 unspecified atom stereocenters. The number of nitrogens with zero attached hydrogens (tertiary/aromatic N) is 1. The minimum absolute atomic E-state index is 0.133. The number of aryl methyl sites for hydroxylation is 1. The summed E-state index contributed by atoms with van der Waals surface area (Å²) in [6.07, 6.45) is 1.08. The van der Waals surface area contributed by atoms with E-state index >= 15 is 0 Å². The largest absolute Gasteiger partial charge is 0.394 e. The molecule has 0 radical (unpaired) electrons. The zero-order chi connectivity index (χ0) is 18.4. The maximum absolute atomic E-state index is 12.2. The second-order valence-electron chi connectivity index (χ2n) is 6.17. The van der Waals surface area contributed by atoms with Crippen molar-refractivity contribution in [2.24, 2.45) is 0 Å². The van der Waals surface area contributed by atoms with E-state index in [0.29, 0.717) is 29.6 Å². The highest BCUT2D eigenvalue weighted by Gasteiger charge is 2.13. The number of hydrogen-bond donors (Lipinski definition) is 3. The van der Waals surface area contributed by atoms with Crippen molar-refractivity contribution >= 4 is 16.8 Å². The molecule has 3 N–H and O–H groups in total. The molecule has 0 aliphatic carbocycles. The molecule has 1 amide bonds. The summed E-state index contributed by atoms with van der Waals surface area (Å²) in [5.74, 6) is 0.295. The first kappa shape index (κ1) is 17.8. The number of carbonyl (C=O) groups excluding carboxylic acids is 1. The first-order valence-corrected chi connectivity index (χ1v) is 8.58. The Morgan fingerprint density at radius 3 is 2.62 bits per heavy atom. The Hall–Kier alpha value is -2.99. The summed E-state index contributed by atoms with van der Waals surface area (Å²) in [4.78, 5) is 31.3. The van der Waals surface area contributed by atoms with Crippen LogP contribution in [0.2, 0.25) is 0 Å². The molecule has 0 saturated carbocycles. The molecule has 2 aromatic carbocycles. The van der Waals surface area contributed by atoms with E-state index in [1.807, 2.05) is 36.4 Å². The first-order chi connectivity index (χ1) is 12.7. The smallest absolute Gasteiger partial charge is 0.258 e. The lowest BCUT2D eigenvalue weighted by Crippen LogP contribution is -2.39. The van der Waals surface area contributed by atoms with Gasteiger partial charge in [-0.2, -0.15) is 0 Å². The molecule has 0 bridgehead atoms. The average Bonchev–Trinajstić information content (AvgIpc) is 2.67. The SMILES string of the molecule is O=C(CCc1nc2ccccc2c(=O)[nH]1)N[C@H](CO)Cc1ccccc1. The van der Waals surface area contributed by atoms with E-state index in [0.717, 1.165) is 5.56 Å². The van der Waals surface area contributed by atoms with Crippen LogP contribution in [0.15, 0.2) is 59.4 Å². The van der Waals surface area contributed by atoms with Gasteiger partial charge in [-0.15, -0.1) is 0 Å². The summed E-state index contributed by atoms with van der Waals surface area (Å²) in [6, 6.07) is 16.4. The average molecular weight is 351 g/mol. The van der Waals surface area contributed by atoms with Gasteiger partial charge in [0.05, 0.1) is 23.6 Å². The maximum atomic E-state index is 12.2. The van der Waals surface area contributed by atoms with Crippen molar-refractivity contribution in [3.8, 4) is 0 Å². The van der Waals surface area contributed by atoms with Crippen molar-refractivity contribution in [1.82, 2.24) is 15.3 Å². The Morgan fingerprint density at radius 1 is 1.12 bits per heavy atom. The lowest BCUT2D eigenvalue weighted by Gasteiger charge is -2.16. The molecule has 1 aromatic heterocycles. The number of hydrogen-bond acceptors (Lipinski definition) is 4. The number of carbonyl (C=O) groups is 1. The van der Waals surface area contributed by atoms with Crippen LogP contribution in [0, 0.1) is 0 Å². The third-order valence-electron chi connectivity index (χ3n) is 4.16. The third kappa shape index (κ3) is 4.55. The molecule has 0 saturated heterocycles. The number of rotatable bonds is 7. The summed E-state index contributed by atoms with van der Waals surface area (Å²) < 4.78 is 0. The van der Waals surface area contributed by atoms with Gasteiger partial charge in [0.1, 0.15) is 5.82 Å². The summed E-state index contributed by atoms with van der Waals surface area (Å²) in [5.41, 5.74) is 1.46. The highest BCUT2D eigenvalue weighted by Crippen LogP contribution is 2.07. The molecule has 0 fully saturated rings. The van der Waals surface area contributed by atoms with Crippen molar-refractivity contribution in [2.75, 3.05) is 6.61 Å². The van der Waals surface area contributed by atoms with E-state index in [-0.39, 0.29) is 30.5 Å². The van der Waals surface area contributed by atoms with E-state index in [1.54, 1.807) is 18.2 Å². The minimum atomic E-state index is -0.339. The highest BCUT2D eigenvalue weighted by molar-refractivity contribution is 5.78. The van der Waals surface area contributed by atoms with Crippen molar-refractivity contribution in [2.45, 2.75) is 25.3 Å². The standard InChI is InChI=1S/C20H21N3O3/c24-13-15(12-14-6-2-1-3-7-14)21-19(25)11-10-18-22-17-9-5-4-8-16(17)20(26)23-18/h1-9,15,24H,10-13H2,(H,21,25)(H,22,23,26)/t15-/m0/s1. The molecular weight excluding hydrogens is 330 g/mol. The van der Waals surface area contributed by atoms with Crippen LogP contribution in [-0.4, -0.2) is 33.6 Å². The van der Waals surface area contributed by atoms with Crippen LogP contribution in [0.25, 0.3) is 10.9 Å². The zero-order valence-corrected chi connectivity index (χ0v) is 14.3. The van der Waals surface area contributed by atoms with Crippen LogP contribution in [0.5, 0.6) is 0 Å². The first-order valence-electron chi connectivity index (χ1n) is 8.58. The van der Waals surface area contributed by atoms with E-state index in [4.69, 9.17) is 0 Å². The Labute approximate surface area is 150 Å². The molecule has 3 rings (SSSR count). The van der Waals surface area contributed by atoms with Gasteiger partial charge in [0.25, 0.3) is 5.56 Å². The fraction of sp³-hybridized carbons (Fsp3) is 0.250. The topological polar surface area (TPSA) is 95.1 Å². The number of aliphatic hydroxyl groups excluding tert-OH is 1. The van der Waals surface area contributed by atoms with Gasteiger partial charge in [-0.05, 0) is 24.1 Å². The number of aliphatic hydroxyl groups is 1. The third-order valence-corrected chi connectivity index (χ3v) is 4.16. The molecule has 1 heterocycles. The summed E-state index contributed by atoms with van der Waals surface area (Å²) >= 11 is 0. The highest BCUT2D eigenvalue weighted by atomic mass is 16.3. The minimum Gasteiger partial charge on any atom is -0.394 e. The lowest BCUT2D eigenvalue weighted by atomic mass is 10.1. The van der Waals surface area contributed by atoms with Gasteiger partial charge < -0.3 is 15.4 Å². The number of benzene rings is 2. The number of aromatic amines is 1. The number of nitrogens with one attached hydrogen (secondary N) is 2. The molecule has 6 nitrogen and oxygen atoms in total. The fourth-order valence-corrected chi connectivity index (χ4v) is 2.84. The number of H-pyrrole nitrogens is 1. The number of para-hydroxylation sites is 1. The fourth-order valence-electron chi connectivity index (χ4n) is 2.84. The van der Waals surface area contributed by atoms with Crippen LogP contribution in [0.4, 0.5) is 0 Å². The van der Waals surface area contributed by atoms with Gasteiger partial charge in [-0.25, -0.2) is 4.98 Å². The quantitative estimate of drug-likeness (QED) is 0.602. The van der Waals surface area contributed by atoms with Crippen molar-refractivity contribution in [3.05, 3.63) is 76.3 Å². The van der Waals surface area contributed by atoms with Crippen molar-refractivity contribution in [1.29, 1.82) is 0 Å². The maximum Gasteiger partial charge on any atom is 0.258 e. The molecule has 6 heteroatoms. The van der Waals surface area contributed by atoms with Crippen LogP contribution >= 0.6 is 0 Å². The van der Waals surface area contributed by atoms with Crippen LogP contribution in [-0.2, 0) is 17.6 Å². The summed E-state index contributed by atoms with van der Waals surface area (Å²) in [6.45, 7) is -0.133. The molecule has 0 aliphatic heterocycles. The van der Waals surface area contributed by atoms with E-state index < -0.39 is 0 Å². The Balaban J connectivity index is 1.59. The van der Waals surface area contributed by atoms with Gasteiger partial charge in [-0.1, -0.05) is 42.5 Å². The van der Waals surface area contributed by atoms with Gasteiger partial charge in [0, 0.05) is 12.8 Å². The van der Waals surface area contributed by atoms with E-state index in [2.05, 4.69) is 15.3 Å². The molecular formula is C20H21N3O3. The molecule has 0 spiro atoms. The zero-order valence-electron chi connectivity index (χ0n) is 14.3. The number of aromatic nitrogens is 2. The summed E-state index contributed by atoms with van der Waals surface area (Å²) in [7, 11) is 0. The molecule has 26 heavy (non-hydrogen) atoms. The Kier molecular flexibility index (Phi) is 5.76. The van der Waals surface area contributed by atoms with E-state index in [1.165, 1.54) is 0 Å². The van der Waals surface area contributed by atoms with Gasteiger partial charge >= 0.3 is 0 Å². The second kappa shape index (κ2) is 8.40. The van der Waals surface area contributed by atoms with Gasteiger partial charge in [-0.3, -0.25) is 9.59 Å². The van der Waals surface area contributed by atoms with Crippen LogP contribution in [0.1, 0.15) is 17.8 Å². The van der Waals surface area contributed by atoms with Crippen LogP contribution in [0.3, 0.4) is 0 Å². The lowest BCUT2D eigenvalue weighted by molar-refractivity contribution is -0.122. The Morgan fingerprint density at radius 2 is 1.85 bits per heavy atom. The second-order valence-corrected chi connectivity index (χ2v) is 6.17. The van der Waals surface area contributed by atoms with Crippen molar-refractivity contribution in [3.63, 3.8) is 0 Å². The molecule has 3 aromatic rings. The monoisotopic (exact) mass is 351 g/mol. The molecule has 1 atom stereocenters. The predicted molar refractivity (Wildman–Crippen MR) is 99.8 cm³/mol. The van der Waals surface area contributed by atoms with Crippen molar-refractivity contribution < 1.29 is 9.90 Å². The van der Waals surface area contributed by atoms with Gasteiger partial charge in [0.2, 0.25) is 5.91 Å². The number of fused-ring (bicyclic) bond motifs is 1. The van der Waals surface area contributed by atoms with Gasteiger partial charge in [0.15, 0.2) is 0 Å². The van der Waals surface area contributed by atoms with E-state index in [9.17, 15) is 14.7 Å². The number of amides is 1. The molecule has 0 aliphatic rings. The molecule has 134 valence electrons. The predicted octanol–water partition coefficient (Wildman–Crippen LogP) is 1.58. The Bertz CT molecular complexity index is 938. The van der Waals surface area contributed by atoms with Crippen LogP contribution < -0.4 is 10.9 Å². The normalized spacial score (nSPS) is 12.0. The summed E-state index contributed by atoms with van der Waals surface area (Å²) in [5, 5.41) is 12.9.